The molecule has 0 saturated heterocycles. The Morgan fingerprint density at radius 3 is 2.70 bits per heavy atom. The lowest BCUT2D eigenvalue weighted by molar-refractivity contribution is 0.591. The van der Waals surface area contributed by atoms with Crippen molar-refractivity contribution in [2.24, 2.45) is 0 Å². The first kappa shape index (κ1) is 13.7. The second kappa shape index (κ2) is 5.99. The summed E-state index contributed by atoms with van der Waals surface area (Å²) < 4.78 is 0. The van der Waals surface area contributed by atoms with Gasteiger partial charge in [-0.15, -0.1) is 0 Å². The molecule has 0 spiro atoms. The lowest BCUT2D eigenvalue weighted by atomic mass is 9.96. The van der Waals surface area contributed by atoms with Gasteiger partial charge in [-0.1, -0.05) is 48.0 Å². The summed E-state index contributed by atoms with van der Waals surface area (Å²) in [6.07, 6.45) is 4.69. The monoisotopic (exact) mass is 285 g/mol. The third kappa shape index (κ3) is 2.74. The Kier molecular flexibility index (Phi) is 4.09. The molecule has 20 heavy (non-hydrogen) atoms. The number of fused-ring (bicyclic) bond motifs is 1. The smallest absolute Gasteiger partial charge is 0.0438 e. The van der Waals surface area contributed by atoms with Crippen molar-refractivity contribution >= 4 is 11.6 Å². The number of hydrogen-bond donors (Lipinski definition) is 1. The summed E-state index contributed by atoms with van der Waals surface area (Å²) in [5, 5.41) is 4.28. The van der Waals surface area contributed by atoms with Crippen LogP contribution in [-0.2, 0) is 19.3 Å². The Hall–Kier alpha value is -1.31. The van der Waals surface area contributed by atoms with Crippen LogP contribution in [0.3, 0.4) is 0 Å². The molecule has 2 heteroatoms. The minimum atomic E-state index is 0.320. The van der Waals surface area contributed by atoms with E-state index < -0.39 is 0 Å². The number of hydrogen-bond acceptors (Lipinski definition) is 1. The van der Waals surface area contributed by atoms with E-state index in [0.29, 0.717) is 6.04 Å². The molecule has 1 atom stereocenters. The average Bonchev–Trinajstić information content (AvgIpc) is 2.94. The van der Waals surface area contributed by atoms with Gasteiger partial charge in [-0.25, -0.2) is 0 Å². The third-order valence-corrected chi connectivity index (χ3v) is 4.62. The van der Waals surface area contributed by atoms with Gasteiger partial charge >= 0.3 is 0 Å². The van der Waals surface area contributed by atoms with Crippen molar-refractivity contribution in [3.8, 4) is 0 Å². The molecule has 104 valence electrons. The highest BCUT2D eigenvalue weighted by molar-refractivity contribution is 6.31. The van der Waals surface area contributed by atoms with E-state index in [1.165, 1.54) is 41.5 Å². The molecule has 2 aromatic rings. The van der Waals surface area contributed by atoms with E-state index in [1.54, 1.807) is 0 Å². The first-order chi connectivity index (χ1) is 9.78. The van der Waals surface area contributed by atoms with Gasteiger partial charge in [0, 0.05) is 11.1 Å². The quantitative estimate of drug-likeness (QED) is 0.881. The highest BCUT2D eigenvalue weighted by atomic mass is 35.5. The minimum absolute atomic E-state index is 0.320. The van der Waals surface area contributed by atoms with Gasteiger partial charge in [0.05, 0.1) is 0 Å². The van der Waals surface area contributed by atoms with Crippen LogP contribution in [0, 0.1) is 0 Å². The topological polar surface area (TPSA) is 12.0 Å². The molecular formula is C18H20ClN. The first-order valence-electron chi connectivity index (χ1n) is 7.30. The van der Waals surface area contributed by atoms with Crippen molar-refractivity contribution in [2.45, 2.75) is 31.7 Å². The van der Waals surface area contributed by atoms with Gasteiger partial charge in [-0.05, 0) is 61.1 Å². The summed E-state index contributed by atoms with van der Waals surface area (Å²) in [5.74, 6) is 0. The molecule has 0 aliphatic heterocycles. The minimum Gasteiger partial charge on any atom is -0.313 e. The number of rotatable bonds is 4. The van der Waals surface area contributed by atoms with Crippen LogP contribution in [0.5, 0.6) is 0 Å². The predicted octanol–water partition coefficient (Wildman–Crippen LogP) is 4.33. The van der Waals surface area contributed by atoms with Crippen molar-refractivity contribution in [3.63, 3.8) is 0 Å². The van der Waals surface area contributed by atoms with Gasteiger partial charge in [0.2, 0.25) is 0 Å². The first-order valence-corrected chi connectivity index (χ1v) is 7.68. The number of aryl methyl sites for hydroxylation is 2. The van der Waals surface area contributed by atoms with Crippen molar-refractivity contribution in [1.82, 2.24) is 5.32 Å². The van der Waals surface area contributed by atoms with Gasteiger partial charge in [-0.2, -0.15) is 0 Å². The van der Waals surface area contributed by atoms with E-state index in [4.69, 9.17) is 11.6 Å². The zero-order chi connectivity index (χ0) is 13.9. The molecule has 0 aromatic heterocycles. The molecule has 3 rings (SSSR count). The summed E-state index contributed by atoms with van der Waals surface area (Å²) >= 11 is 6.28. The van der Waals surface area contributed by atoms with E-state index in [0.717, 1.165) is 11.4 Å². The summed E-state index contributed by atoms with van der Waals surface area (Å²) in [5.41, 5.74) is 5.63. The molecule has 0 radical (unpaired) electrons. The Bertz CT molecular complexity index is 606. The maximum atomic E-state index is 6.28. The molecule has 1 N–H and O–H groups in total. The Labute approximate surface area is 126 Å². The normalized spacial score (nSPS) is 15.1. The van der Waals surface area contributed by atoms with Gasteiger partial charge in [0.1, 0.15) is 0 Å². The van der Waals surface area contributed by atoms with Gasteiger partial charge in [0.15, 0.2) is 0 Å². The summed E-state index contributed by atoms with van der Waals surface area (Å²) in [7, 11) is 2.02. The van der Waals surface area contributed by atoms with Crippen molar-refractivity contribution in [1.29, 1.82) is 0 Å². The average molecular weight is 286 g/mol. The molecule has 1 nitrogen and oxygen atoms in total. The maximum absolute atomic E-state index is 6.28. The van der Waals surface area contributed by atoms with E-state index in [9.17, 15) is 0 Å². The van der Waals surface area contributed by atoms with Crippen molar-refractivity contribution in [3.05, 3.63) is 69.7 Å². The largest absolute Gasteiger partial charge is 0.313 e. The molecule has 1 aliphatic carbocycles. The second-order valence-corrected chi connectivity index (χ2v) is 5.93. The van der Waals surface area contributed by atoms with Crippen LogP contribution in [0.2, 0.25) is 5.02 Å². The molecule has 0 amide bonds. The zero-order valence-electron chi connectivity index (χ0n) is 11.8. The number of benzene rings is 2. The summed E-state index contributed by atoms with van der Waals surface area (Å²) in [6, 6.07) is 15.4. The molecule has 0 bridgehead atoms. The lowest BCUT2D eigenvalue weighted by Crippen LogP contribution is -2.19. The SMILES string of the molecule is CNC(Cc1ccccc1Cl)c1ccc2c(c1)CCC2. The van der Waals surface area contributed by atoms with E-state index >= 15 is 0 Å². The van der Waals surface area contributed by atoms with Crippen LogP contribution < -0.4 is 5.32 Å². The Morgan fingerprint density at radius 1 is 1.10 bits per heavy atom. The molecule has 0 fully saturated rings. The van der Waals surface area contributed by atoms with Crippen LogP contribution in [0.15, 0.2) is 42.5 Å². The maximum Gasteiger partial charge on any atom is 0.0438 e. The van der Waals surface area contributed by atoms with Crippen LogP contribution in [0.25, 0.3) is 0 Å². The summed E-state index contributed by atoms with van der Waals surface area (Å²) in [6.45, 7) is 0. The fourth-order valence-electron chi connectivity index (χ4n) is 3.08. The Morgan fingerprint density at radius 2 is 1.90 bits per heavy atom. The Balaban J connectivity index is 1.85. The van der Waals surface area contributed by atoms with Crippen LogP contribution in [0.4, 0.5) is 0 Å². The van der Waals surface area contributed by atoms with Crippen molar-refractivity contribution in [2.75, 3.05) is 7.05 Å². The standard InChI is InChI=1S/C18H20ClN/c1-20-18(12-15-5-2-3-8-17(15)19)16-10-9-13-6-4-7-14(13)11-16/h2-3,5,8-11,18,20H,4,6-7,12H2,1H3. The van der Waals surface area contributed by atoms with Gasteiger partial charge in [0.25, 0.3) is 0 Å². The molecule has 0 heterocycles. The lowest BCUT2D eigenvalue weighted by Gasteiger charge is -2.18. The van der Waals surface area contributed by atoms with Crippen molar-refractivity contribution < 1.29 is 0 Å². The predicted molar refractivity (Wildman–Crippen MR) is 85.4 cm³/mol. The fraction of sp³-hybridized carbons (Fsp3) is 0.333. The number of likely N-dealkylation sites (N-methyl/N-ethyl adjacent to an activating group) is 1. The van der Waals surface area contributed by atoms with Gasteiger partial charge in [-0.3, -0.25) is 0 Å². The van der Waals surface area contributed by atoms with E-state index in [1.807, 2.05) is 19.2 Å². The molecule has 2 aromatic carbocycles. The van der Waals surface area contributed by atoms with Crippen LogP contribution in [-0.4, -0.2) is 7.05 Å². The second-order valence-electron chi connectivity index (χ2n) is 5.52. The third-order valence-electron chi connectivity index (χ3n) is 4.26. The van der Waals surface area contributed by atoms with Crippen LogP contribution >= 0.6 is 11.6 Å². The molecule has 1 aliphatic rings. The van der Waals surface area contributed by atoms with E-state index in [2.05, 4.69) is 35.6 Å². The highest BCUT2D eigenvalue weighted by Gasteiger charge is 2.16. The highest BCUT2D eigenvalue weighted by Crippen LogP contribution is 2.28. The van der Waals surface area contributed by atoms with Crippen LogP contribution in [0.1, 0.15) is 34.7 Å². The zero-order valence-corrected chi connectivity index (χ0v) is 12.6. The molecule has 1 unspecified atom stereocenters. The molecular weight excluding hydrogens is 266 g/mol. The fourth-order valence-corrected chi connectivity index (χ4v) is 3.29. The molecule has 0 saturated carbocycles. The number of halogens is 1. The van der Waals surface area contributed by atoms with Gasteiger partial charge < -0.3 is 5.32 Å². The number of nitrogens with one attached hydrogen (secondary N) is 1. The summed E-state index contributed by atoms with van der Waals surface area (Å²) in [4.78, 5) is 0. The van der Waals surface area contributed by atoms with E-state index in [-0.39, 0.29) is 0 Å².